The van der Waals surface area contributed by atoms with Gasteiger partial charge in [-0.25, -0.2) is 0 Å². The normalized spacial score (nSPS) is 10.4. The Labute approximate surface area is 126 Å². The number of methoxy groups -OCH3 is 1. The molecule has 0 aromatic heterocycles. The predicted octanol–water partition coefficient (Wildman–Crippen LogP) is -2.24. The van der Waals surface area contributed by atoms with E-state index in [0.717, 1.165) is 12.1 Å². The first kappa shape index (κ1) is 14.4. The molecule has 0 atom stereocenters. The van der Waals surface area contributed by atoms with Gasteiger partial charge in [0, 0.05) is 6.07 Å². The van der Waals surface area contributed by atoms with Crippen LogP contribution in [0.2, 0.25) is 0 Å². The van der Waals surface area contributed by atoms with Crippen LogP contribution in [0.25, 0.3) is 0 Å². The van der Waals surface area contributed by atoms with Gasteiger partial charge < -0.3 is 11.3 Å². The van der Waals surface area contributed by atoms with Crippen LogP contribution < -0.4 is 56.1 Å². The first-order valence-corrected chi connectivity index (χ1v) is 4.73. The number of phenols is 1. The van der Waals surface area contributed by atoms with Crippen LogP contribution in [0.15, 0.2) is 23.1 Å². The Kier molecular flexibility index (Phi) is 5.59. The third-order valence-corrected chi connectivity index (χ3v) is 2.30. The molecule has 1 rings (SSSR count). The third-order valence-electron chi connectivity index (χ3n) is 1.45. The molecule has 1 aromatic rings. The summed E-state index contributed by atoms with van der Waals surface area (Å²) in [6, 6.07) is 3.29. The first-order chi connectivity index (χ1) is 5.95. The zero-order valence-corrected chi connectivity index (χ0v) is 11.7. The van der Waals surface area contributed by atoms with E-state index in [0.29, 0.717) is 0 Å². The second-order valence-electron chi connectivity index (χ2n) is 2.31. The van der Waals surface area contributed by atoms with Crippen LogP contribution in [-0.2, 0) is 10.1 Å². The number of rotatable bonds is 2. The van der Waals surface area contributed by atoms with E-state index in [9.17, 15) is 8.42 Å². The molecule has 0 unspecified atom stereocenters. The topological polar surface area (TPSA) is 83.8 Å². The van der Waals surface area contributed by atoms with Crippen LogP contribution in [0.5, 0.6) is 11.5 Å². The number of aromatic hydroxyl groups is 1. The molecule has 0 aliphatic rings. The molecule has 0 saturated carbocycles. The minimum atomic E-state index is -4.27. The fourth-order valence-electron chi connectivity index (χ4n) is 0.830. The zero-order valence-electron chi connectivity index (χ0n) is 8.76. The van der Waals surface area contributed by atoms with Crippen molar-refractivity contribution in [1.82, 2.24) is 0 Å². The molecular formula is C7H9KO5S. The standard InChI is InChI=1S/C7H8O5S.K.H/c1-12-7-3-2-5(4-6(7)8)13(9,10)11;;/h2-4,8H,1H3,(H,9,10,11);;/q;+1;-1. The fourth-order valence-corrected chi connectivity index (χ4v) is 1.33. The Balaban J connectivity index is 0. The van der Waals surface area contributed by atoms with Gasteiger partial charge in [0.25, 0.3) is 10.1 Å². The third kappa shape index (κ3) is 3.50. The Morgan fingerprint density at radius 2 is 2.00 bits per heavy atom. The van der Waals surface area contributed by atoms with E-state index < -0.39 is 10.1 Å². The number of hydrogen-bond donors (Lipinski definition) is 2. The van der Waals surface area contributed by atoms with Crippen molar-refractivity contribution in [3.8, 4) is 11.5 Å². The predicted molar refractivity (Wildman–Crippen MR) is 45.6 cm³/mol. The van der Waals surface area contributed by atoms with Crippen LogP contribution in [-0.4, -0.2) is 25.2 Å². The second kappa shape index (κ2) is 5.45. The molecule has 74 valence electrons. The maximum atomic E-state index is 10.6. The molecule has 1 aromatic carbocycles. The smallest absolute Gasteiger partial charge is 1.00 e. The number of ether oxygens (including phenoxy) is 1. The van der Waals surface area contributed by atoms with Gasteiger partial charge in [0.15, 0.2) is 11.5 Å². The molecule has 7 heteroatoms. The van der Waals surface area contributed by atoms with Crippen LogP contribution in [0.4, 0.5) is 0 Å². The van der Waals surface area contributed by atoms with E-state index >= 15 is 0 Å². The van der Waals surface area contributed by atoms with Crippen LogP contribution >= 0.6 is 0 Å². The molecule has 0 aliphatic carbocycles. The molecule has 0 amide bonds. The van der Waals surface area contributed by atoms with Crippen molar-refractivity contribution in [2.45, 2.75) is 4.90 Å². The van der Waals surface area contributed by atoms with Gasteiger partial charge in [-0.3, -0.25) is 4.55 Å². The SMILES string of the molecule is COc1ccc(S(=O)(=O)O)cc1O.[H-].[K+]. The maximum Gasteiger partial charge on any atom is 1.00 e. The van der Waals surface area contributed by atoms with E-state index in [2.05, 4.69) is 4.74 Å². The number of phenolic OH excluding ortho intramolecular Hbond substituents is 1. The van der Waals surface area contributed by atoms with E-state index in [-0.39, 0.29) is 69.2 Å². The van der Waals surface area contributed by atoms with E-state index in [1.807, 2.05) is 0 Å². The minimum Gasteiger partial charge on any atom is -1.00 e. The summed E-state index contributed by atoms with van der Waals surface area (Å²) in [6.07, 6.45) is 0. The average molecular weight is 244 g/mol. The summed E-state index contributed by atoms with van der Waals surface area (Å²) in [5, 5.41) is 9.15. The van der Waals surface area contributed by atoms with Crippen molar-refractivity contribution in [2.75, 3.05) is 7.11 Å². The van der Waals surface area contributed by atoms with Gasteiger partial charge in [-0.05, 0) is 12.1 Å². The van der Waals surface area contributed by atoms with E-state index in [4.69, 9.17) is 9.66 Å². The van der Waals surface area contributed by atoms with Gasteiger partial charge in [0.05, 0.1) is 12.0 Å². The van der Waals surface area contributed by atoms with Gasteiger partial charge in [-0.1, -0.05) is 0 Å². The molecule has 0 aliphatic heterocycles. The van der Waals surface area contributed by atoms with Crippen LogP contribution in [0, 0.1) is 0 Å². The zero-order chi connectivity index (χ0) is 10.1. The Bertz CT molecular complexity index is 419. The largest absolute Gasteiger partial charge is 1.00 e. The van der Waals surface area contributed by atoms with Crippen molar-refractivity contribution >= 4 is 10.1 Å². The van der Waals surface area contributed by atoms with Gasteiger partial charge in [0.1, 0.15) is 0 Å². The van der Waals surface area contributed by atoms with Crippen molar-refractivity contribution in [2.24, 2.45) is 0 Å². The Morgan fingerprint density at radius 3 is 2.36 bits per heavy atom. The molecule has 0 saturated heterocycles. The van der Waals surface area contributed by atoms with Gasteiger partial charge in [0.2, 0.25) is 0 Å². The summed E-state index contributed by atoms with van der Waals surface area (Å²) in [5.74, 6) is -0.190. The van der Waals surface area contributed by atoms with E-state index in [1.165, 1.54) is 13.2 Å². The van der Waals surface area contributed by atoms with Crippen LogP contribution in [0.3, 0.4) is 0 Å². The Hall–Kier alpha value is 0.366. The van der Waals surface area contributed by atoms with Crippen molar-refractivity contribution in [3.05, 3.63) is 18.2 Å². The summed E-state index contributed by atoms with van der Waals surface area (Å²) in [4.78, 5) is -0.370. The average Bonchev–Trinajstić information content (AvgIpc) is 2.02. The molecule has 0 radical (unpaired) electrons. The van der Waals surface area contributed by atoms with Crippen molar-refractivity contribution in [3.63, 3.8) is 0 Å². The summed E-state index contributed by atoms with van der Waals surface area (Å²) >= 11 is 0. The molecule has 2 N–H and O–H groups in total. The maximum absolute atomic E-state index is 10.6. The van der Waals surface area contributed by atoms with E-state index in [1.54, 1.807) is 0 Å². The van der Waals surface area contributed by atoms with Crippen molar-refractivity contribution in [1.29, 1.82) is 0 Å². The summed E-state index contributed by atoms with van der Waals surface area (Å²) < 4.78 is 34.5. The van der Waals surface area contributed by atoms with Crippen LogP contribution in [0.1, 0.15) is 1.43 Å². The number of hydrogen-bond acceptors (Lipinski definition) is 4. The molecular weight excluding hydrogens is 235 g/mol. The fraction of sp³-hybridized carbons (Fsp3) is 0.143. The molecule has 0 bridgehead atoms. The summed E-state index contributed by atoms with van der Waals surface area (Å²) in [5.41, 5.74) is 0. The first-order valence-electron chi connectivity index (χ1n) is 3.29. The summed E-state index contributed by atoms with van der Waals surface area (Å²) in [6.45, 7) is 0. The quantitative estimate of drug-likeness (QED) is 0.454. The molecule has 0 spiro atoms. The monoisotopic (exact) mass is 244 g/mol. The van der Waals surface area contributed by atoms with Gasteiger partial charge >= 0.3 is 51.4 Å². The molecule has 0 fully saturated rings. The van der Waals surface area contributed by atoms with Gasteiger partial charge in [-0.2, -0.15) is 8.42 Å². The minimum absolute atomic E-state index is 0. The second-order valence-corrected chi connectivity index (χ2v) is 3.73. The molecule has 5 nitrogen and oxygen atoms in total. The van der Waals surface area contributed by atoms with Crippen molar-refractivity contribution < 1.29 is 75.6 Å². The molecule has 0 heterocycles. The molecule has 14 heavy (non-hydrogen) atoms. The Morgan fingerprint density at radius 1 is 1.43 bits per heavy atom. The number of benzene rings is 1. The summed E-state index contributed by atoms with van der Waals surface area (Å²) in [7, 11) is -2.93. The van der Waals surface area contributed by atoms with Gasteiger partial charge in [-0.15, -0.1) is 0 Å².